The third-order valence-corrected chi connectivity index (χ3v) is 5.02. The molecule has 1 amide bonds. The number of benzene rings is 1. The molecule has 0 aliphatic rings. The van der Waals surface area contributed by atoms with Crippen molar-refractivity contribution in [2.75, 3.05) is 11.1 Å². The van der Waals surface area contributed by atoms with Gasteiger partial charge in [-0.15, -0.1) is 0 Å². The molecule has 0 aliphatic heterocycles. The van der Waals surface area contributed by atoms with Gasteiger partial charge in [0.25, 0.3) is 5.91 Å². The number of carbonyl (C=O) groups is 1. The first-order valence-electron chi connectivity index (χ1n) is 8.51. The normalized spacial score (nSPS) is 10.7. The topological polar surface area (TPSA) is 107 Å². The largest absolute Gasteiger partial charge is 0.368 e. The maximum atomic E-state index is 12.9. The van der Waals surface area contributed by atoms with E-state index < -0.39 is 0 Å². The second-order valence-corrected chi connectivity index (χ2v) is 6.85. The van der Waals surface area contributed by atoms with E-state index in [0.717, 1.165) is 16.6 Å². The maximum Gasteiger partial charge on any atom is 0.258 e. The number of nitrogens with two attached hydrogens (primary N) is 1. The first kappa shape index (κ1) is 17.9. The molecule has 28 heavy (non-hydrogen) atoms. The molecule has 0 saturated carbocycles. The molecule has 0 unspecified atom stereocenters. The van der Waals surface area contributed by atoms with Crippen LogP contribution in [0, 0.1) is 0 Å². The fraction of sp³-hybridized carbons (Fsp3) is 0.0500. The number of para-hydroxylation sites is 1. The molecule has 1 aromatic carbocycles. The highest BCUT2D eigenvalue weighted by atomic mass is 32.2. The van der Waals surface area contributed by atoms with Crippen molar-refractivity contribution in [2.24, 2.45) is 0 Å². The number of carbonyl (C=O) groups excluding carboxylic acids is 1. The van der Waals surface area contributed by atoms with E-state index in [1.165, 1.54) is 11.8 Å². The Kier molecular flexibility index (Phi) is 5.11. The summed E-state index contributed by atoms with van der Waals surface area (Å²) in [7, 11) is 0. The van der Waals surface area contributed by atoms with Crippen molar-refractivity contribution in [3.8, 4) is 0 Å². The lowest BCUT2D eigenvalue weighted by molar-refractivity contribution is 0.102. The Bertz CT molecular complexity index is 1140. The van der Waals surface area contributed by atoms with Crippen molar-refractivity contribution in [3.63, 3.8) is 0 Å². The minimum Gasteiger partial charge on any atom is -0.368 e. The van der Waals surface area contributed by atoms with Crippen LogP contribution in [0.5, 0.6) is 0 Å². The van der Waals surface area contributed by atoms with Crippen LogP contribution in [0.25, 0.3) is 10.9 Å². The number of nitrogens with zero attached hydrogens (tertiary/aromatic N) is 4. The van der Waals surface area contributed by atoms with E-state index in [-0.39, 0.29) is 11.9 Å². The minimum absolute atomic E-state index is 0.223. The van der Waals surface area contributed by atoms with E-state index in [2.05, 4.69) is 25.3 Å². The van der Waals surface area contributed by atoms with Gasteiger partial charge < -0.3 is 11.1 Å². The molecule has 0 aliphatic carbocycles. The molecule has 4 rings (SSSR count). The molecule has 3 aromatic heterocycles. The molecular formula is C20H16N6OS. The van der Waals surface area contributed by atoms with Gasteiger partial charge in [0.05, 0.1) is 22.5 Å². The number of pyridine rings is 2. The maximum absolute atomic E-state index is 12.9. The standard InChI is InChI=1S/C20H16N6OS/c21-20-24-11-8-14(25-20)12-28-19-15(6-3-10-23-19)18(27)26-16-7-1-4-13-5-2-9-22-17(13)16/h1-11H,12H2,(H,26,27)(H2,21,24,25). The predicted octanol–water partition coefficient (Wildman–Crippen LogP) is 3.55. The zero-order valence-electron chi connectivity index (χ0n) is 14.7. The lowest BCUT2D eigenvalue weighted by Gasteiger charge is -2.10. The summed E-state index contributed by atoms with van der Waals surface area (Å²) >= 11 is 1.42. The van der Waals surface area contributed by atoms with Crippen molar-refractivity contribution >= 4 is 40.2 Å². The number of nitrogen functional groups attached to an aromatic ring is 1. The van der Waals surface area contributed by atoms with Crippen LogP contribution in [-0.4, -0.2) is 25.8 Å². The van der Waals surface area contributed by atoms with Crippen molar-refractivity contribution in [1.29, 1.82) is 0 Å². The number of nitrogens with one attached hydrogen (secondary N) is 1. The van der Waals surface area contributed by atoms with E-state index in [0.29, 0.717) is 22.0 Å². The summed E-state index contributed by atoms with van der Waals surface area (Å²) in [5, 5.41) is 4.53. The van der Waals surface area contributed by atoms with Gasteiger partial charge in [0, 0.05) is 29.7 Å². The summed E-state index contributed by atoms with van der Waals surface area (Å²) < 4.78 is 0. The van der Waals surface area contributed by atoms with Crippen LogP contribution in [0.1, 0.15) is 16.1 Å². The number of hydrogen-bond donors (Lipinski definition) is 2. The van der Waals surface area contributed by atoms with E-state index in [1.807, 2.05) is 30.3 Å². The third kappa shape index (κ3) is 3.91. The number of thioether (sulfide) groups is 1. The lowest BCUT2D eigenvalue weighted by atomic mass is 10.2. The van der Waals surface area contributed by atoms with Crippen LogP contribution in [-0.2, 0) is 5.75 Å². The summed E-state index contributed by atoms with van der Waals surface area (Å²) in [6, 6.07) is 14.8. The zero-order chi connectivity index (χ0) is 19.3. The van der Waals surface area contributed by atoms with Crippen molar-refractivity contribution in [1.82, 2.24) is 19.9 Å². The average molecular weight is 388 g/mol. The van der Waals surface area contributed by atoms with E-state index >= 15 is 0 Å². The molecule has 3 N–H and O–H groups in total. The Hall–Kier alpha value is -3.52. The Labute approximate surface area is 165 Å². The zero-order valence-corrected chi connectivity index (χ0v) is 15.6. The minimum atomic E-state index is -0.240. The summed E-state index contributed by atoms with van der Waals surface area (Å²) in [5.41, 5.74) is 8.28. The second kappa shape index (κ2) is 8.01. The number of anilines is 2. The highest BCUT2D eigenvalue weighted by Crippen LogP contribution is 2.26. The molecule has 138 valence electrons. The highest BCUT2D eigenvalue weighted by Gasteiger charge is 2.15. The number of hydrogen-bond acceptors (Lipinski definition) is 7. The Balaban J connectivity index is 1.56. The average Bonchev–Trinajstić information content (AvgIpc) is 2.73. The Morgan fingerprint density at radius 1 is 0.964 bits per heavy atom. The molecule has 0 saturated heterocycles. The quantitative estimate of drug-likeness (QED) is 0.504. The fourth-order valence-corrected chi connectivity index (χ4v) is 3.61. The van der Waals surface area contributed by atoms with Crippen LogP contribution < -0.4 is 11.1 Å². The summed E-state index contributed by atoms with van der Waals surface area (Å²) in [6.07, 6.45) is 4.97. The van der Waals surface area contributed by atoms with E-state index in [9.17, 15) is 4.79 Å². The van der Waals surface area contributed by atoms with Crippen LogP contribution in [0.3, 0.4) is 0 Å². The monoisotopic (exact) mass is 388 g/mol. The fourth-order valence-electron chi connectivity index (χ4n) is 2.71. The molecule has 8 heteroatoms. The van der Waals surface area contributed by atoms with Gasteiger partial charge in [-0.2, -0.15) is 0 Å². The highest BCUT2D eigenvalue weighted by molar-refractivity contribution is 7.98. The van der Waals surface area contributed by atoms with Crippen molar-refractivity contribution < 1.29 is 4.79 Å². The van der Waals surface area contributed by atoms with Gasteiger partial charge in [0.1, 0.15) is 5.03 Å². The van der Waals surface area contributed by atoms with Gasteiger partial charge in [0.15, 0.2) is 0 Å². The van der Waals surface area contributed by atoms with Gasteiger partial charge in [-0.25, -0.2) is 15.0 Å². The molecule has 4 aromatic rings. The molecule has 0 radical (unpaired) electrons. The Morgan fingerprint density at radius 2 is 1.79 bits per heavy atom. The van der Waals surface area contributed by atoms with Crippen LogP contribution >= 0.6 is 11.8 Å². The van der Waals surface area contributed by atoms with Gasteiger partial charge in [-0.1, -0.05) is 30.0 Å². The molecule has 0 spiro atoms. The van der Waals surface area contributed by atoms with Gasteiger partial charge in [-0.05, 0) is 30.3 Å². The second-order valence-electron chi connectivity index (χ2n) is 5.89. The van der Waals surface area contributed by atoms with Gasteiger partial charge in [-0.3, -0.25) is 9.78 Å². The van der Waals surface area contributed by atoms with Gasteiger partial charge >= 0.3 is 0 Å². The Morgan fingerprint density at radius 3 is 2.68 bits per heavy atom. The molecule has 0 bridgehead atoms. The van der Waals surface area contributed by atoms with E-state index in [4.69, 9.17) is 5.73 Å². The number of amides is 1. The first-order valence-corrected chi connectivity index (χ1v) is 9.49. The molecule has 7 nitrogen and oxygen atoms in total. The number of fused-ring (bicyclic) bond motifs is 1. The van der Waals surface area contributed by atoms with Crippen LogP contribution in [0.4, 0.5) is 11.6 Å². The predicted molar refractivity (Wildman–Crippen MR) is 110 cm³/mol. The first-order chi connectivity index (χ1) is 13.7. The number of aromatic nitrogens is 4. The molecule has 0 fully saturated rings. The lowest BCUT2D eigenvalue weighted by Crippen LogP contribution is -2.14. The molecule has 0 atom stereocenters. The van der Waals surface area contributed by atoms with E-state index in [1.54, 1.807) is 36.8 Å². The summed E-state index contributed by atoms with van der Waals surface area (Å²) in [5.74, 6) is 0.510. The van der Waals surface area contributed by atoms with Crippen molar-refractivity contribution in [2.45, 2.75) is 10.8 Å². The number of rotatable bonds is 5. The van der Waals surface area contributed by atoms with Crippen LogP contribution in [0.15, 0.2) is 72.1 Å². The molecule has 3 heterocycles. The van der Waals surface area contributed by atoms with Gasteiger partial charge in [0.2, 0.25) is 5.95 Å². The smallest absolute Gasteiger partial charge is 0.258 e. The molecular weight excluding hydrogens is 372 g/mol. The van der Waals surface area contributed by atoms with Crippen LogP contribution in [0.2, 0.25) is 0 Å². The summed E-state index contributed by atoms with van der Waals surface area (Å²) in [6.45, 7) is 0. The SMILES string of the molecule is Nc1nccc(CSc2ncccc2C(=O)Nc2cccc3cccnc23)n1. The van der Waals surface area contributed by atoms with Crippen molar-refractivity contribution in [3.05, 3.63) is 78.4 Å². The third-order valence-electron chi connectivity index (χ3n) is 3.99. The summed E-state index contributed by atoms with van der Waals surface area (Å²) in [4.78, 5) is 29.7.